The summed E-state index contributed by atoms with van der Waals surface area (Å²) >= 11 is 0. The molecular formula is C14H20N2O4S. The number of aliphatic carboxylic acids is 1. The summed E-state index contributed by atoms with van der Waals surface area (Å²) < 4.78 is 28.8. The Hall–Kier alpha value is -1.44. The lowest BCUT2D eigenvalue weighted by Crippen LogP contribution is -2.49. The molecule has 6 nitrogen and oxygen atoms in total. The molecule has 3 N–H and O–H groups in total. The summed E-state index contributed by atoms with van der Waals surface area (Å²) in [6, 6.07) is 7.69. The molecule has 0 radical (unpaired) electrons. The highest BCUT2D eigenvalue weighted by Gasteiger charge is 2.27. The zero-order chi connectivity index (χ0) is 15.3. The summed E-state index contributed by atoms with van der Waals surface area (Å²) in [6.45, 7) is 0. The fraction of sp³-hybridized carbons (Fsp3) is 0.500. The highest BCUT2D eigenvalue weighted by atomic mass is 32.2. The molecule has 1 aromatic carbocycles. The lowest BCUT2D eigenvalue weighted by molar-refractivity contribution is -0.138. The van der Waals surface area contributed by atoms with Gasteiger partial charge in [-0.15, -0.1) is 0 Å². The minimum Gasteiger partial charge on any atom is -0.480 e. The quantitative estimate of drug-likeness (QED) is 0.701. The smallest absolute Gasteiger partial charge is 0.322 e. The van der Waals surface area contributed by atoms with Crippen LogP contribution in [-0.4, -0.2) is 31.6 Å². The molecule has 1 aromatic rings. The molecule has 0 unspecified atom stereocenters. The van der Waals surface area contributed by atoms with Gasteiger partial charge in [-0.3, -0.25) is 4.79 Å². The number of hydrogen-bond acceptors (Lipinski definition) is 3. The predicted octanol–water partition coefficient (Wildman–Crippen LogP) is 1.05. The van der Waals surface area contributed by atoms with Crippen molar-refractivity contribution in [2.24, 2.45) is 0 Å². The van der Waals surface area contributed by atoms with E-state index in [4.69, 9.17) is 0 Å². The zero-order valence-electron chi connectivity index (χ0n) is 11.7. The molecule has 1 aliphatic carbocycles. The van der Waals surface area contributed by atoms with Crippen molar-refractivity contribution in [3.05, 3.63) is 35.9 Å². The van der Waals surface area contributed by atoms with E-state index in [2.05, 4.69) is 9.44 Å². The van der Waals surface area contributed by atoms with E-state index >= 15 is 0 Å². The van der Waals surface area contributed by atoms with Gasteiger partial charge in [0.2, 0.25) is 0 Å². The van der Waals surface area contributed by atoms with Crippen molar-refractivity contribution < 1.29 is 18.3 Å². The first-order chi connectivity index (χ1) is 9.96. The highest BCUT2D eigenvalue weighted by molar-refractivity contribution is 7.87. The van der Waals surface area contributed by atoms with E-state index in [1.165, 1.54) is 0 Å². The van der Waals surface area contributed by atoms with Gasteiger partial charge < -0.3 is 5.11 Å². The number of carboxylic acids is 1. The Morgan fingerprint density at radius 2 is 1.86 bits per heavy atom. The topological polar surface area (TPSA) is 95.5 Å². The van der Waals surface area contributed by atoms with Crippen molar-refractivity contribution >= 4 is 16.2 Å². The molecule has 0 amide bonds. The second-order valence-electron chi connectivity index (χ2n) is 5.30. The Labute approximate surface area is 124 Å². The van der Waals surface area contributed by atoms with Crippen molar-refractivity contribution in [2.45, 2.75) is 44.2 Å². The van der Waals surface area contributed by atoms with Crippen LogP contribution in [0.15, 0.2) is 30.3 Å². The third-order valence-electron chi connectivity index (χ3n) is 3.56. The molecule has 0 aromatic heterocycles. The van der Waals surface area contributed by atoms with Gasteiger partial charge in [0.25, 0.3) is 10.2 Å². The maximum Gasteiger partial charge on any atom is 0.322 e. The summed E-state index contributed by atoms with van der Waals surface area (Å²) in [4.78, 5) is 11.3. The van der Waals surface area contributed by atoms with Crippen LogP contribution in [0.25, 0.3) is 0 Å². The summed E-state index contributed by atoms with van der Waals surface area (Å²) in [5.74, 6) is -1.18. The van der Waals surface area contributed by atoms with Crippen LogP contribution in [0.3, 0.4) is 0 Å². The second kappa shape index (κ2) is 7.02. The van der Waals surface area contributed by atoms with Gasteiger partial charge in [0.05, 0.1) is 0 Å². The first-order valence-electron chi connectivity index (χ1n) is 7.02. The molecule has 1 saturated carbocycles. The molecule has 1 fully saturated rings. The van der Waals surface area contributed by atoms with Crippen molar-refractivity contribution in [3.8, 4) is 0 Å². The van der Waals surface area contributed by atoms with Crippen LogP contribution in [-0.2, 0) is 21.4 Å². The van der Waals surface area contributed by atoms with Crippen LogP contribution in [0.1, 0.15) is 31.2 Å². The van der Waals surface area contributed by atoms with Crippen molar-refractivity contribution in [3.63, 3.8) is 0 Å². The molecular weight excluding hydrogens is 292 g/mol. The average Bonchev–Trinajstić information content (AvgIpc) is 2.91. The van der Waals surface area contributed by atoms with Crippen molar-refractivity contribution in [1.29, 1.82) is 0 Å². The zero-order valence-corrected chi connectivity index (χ0v) is 12.5. The second-order valence-corrected chi connectivity index (χ2v) is 6.78. The van der Waals surface area contributed by atoms with Crippen LogP contribution < -0.4 is 9.44 Å². The van der Waals surface area contributed by atoms with Crippen LogP contribution in [0.4, 0.5) is 0 Å². The van der Waals surface area contributed by atoms with Gasteiger partial charge >= 0.3 is 5.97 Å². The van der Waals surface area contributed by atoms with Crippen LogP contribution in [0.5, 0.6) is 0 Å². The summed E-state index contributed by atoms with van der Waals surface area (Å²) in [5.41, 5.74) is 0.772. The first kappa shape index (κ1) is 15.9. The monoisotopic (exact) mass is 312 g/mol. The minimum absolute atomic E-state index is 0.0892. The number of carbonyl (C=O) groups is 1. The molecule has 0 bridgehead atoms. The maximum atomic E-state index is 12.0. The normalized spacial score (nSPS) is 17.7. The Morgan fingerprint density at radius 3 is 2.43 bits per heavy atom. The van der Waals surface area contributed by atoms with Crippen LogP contribution >= 0.6 is 0 Å². The van der Waals surface area contributed by atoms with Crippen LogP contribution in [0, 0.1) is 0 Å². The van der Waals surface area contributed by atoms with E-state index in [1.54, 1.807) is 24.3 Å². The summed E-state index contributed by atoms with van der Waals surface area (Å²) in [6.07, 6.45) is 3.72. The van der Waals surface area contributed by atoms with Gasteiger partial charge in [-0.05, 0) is 24.8 Å². The molecule has 116 valence electrons. The average molecular weight is 312 g/mol. The predicted molar refractivity (Wildman–Crippen MR) is 79.0 cm³/mol. The Bertz CT molecular complexity index is 568. The number of nitrogens with one attached hydrogen (secondary N) is 2. The number of carboxylic acid groups (broad SMARTS) is 1. The van der Waals surface area contributed by atoms with E-state index < -0.39 is 22.2 Å². The van der Waals surface area contributed by atoms with Gasteiger partial charge in [0, 0.05) is 6.04 Å². The van der Waals surface area contributed by atoms with Gasteiger partial charge in [0.15, 0.2) is 0 Å². The molecule has 1 aliphatic rings. The summed E-state index contributed by atoms with van der Waals surface area (Å²) in [5, 5.41) is 9.20. The molecule has 21 heavy (non-hydrogen) atoms. The number of rotatable bonds is 7. The van der Waals surface area contributed by atoms with Gasteiger partial charge in [-0.25, -0.2) is 0 Å². The fourth-order valence-electron chi connectivity index (χ4n) is 2.51. The van der Waals surface area contributed by atoms with E-state index in [1.807, 2.05) is 6.07 Å². The van der Waals surface area contributed by atoms with E-state index in [0.717, 1.165) is 31.2 Å². The third kappa shape index (κ3) is 5.11. The van der Waals surface area contributed by atoms with Crippen molar-refractivity contribution in [2.75, 3.05) is 0 Å². The van der Waals surface area contributed by atoms with E-state index in [-0.39, 0.29) is 12.5 Å². The SMILES string of the molecule is O=C(O)[C@@H](Cc1ccccc1)NS(=O)(=O)NC1CCCC1. The first-order valence-corrected chi connectivity index (χ1v) is 8.51. The molecule has 0 heterocycles. The molecule has 0 aliphatic heterocycles. The van der Waals surface area contributed by atoms with Crippen molar-refractivity contribution in [1.82, 2.24) is 9.44 Å². The van der Waals surface area contributed by atoms with Crippen LogP contribution in [0.2, 0.25) is 0 Å². The molecule has 2 rings (SSSR count). The Kier molecular flexibility index (Phi) is 5.33. The largest absolute Gasteiger partial charge is 0.480 e. The summed E-state index contributed by atoms with van der Waals surface area (Å²) in [7, 11) is -3.81. The lowest BCUT2D eigenvalue weighted by atomic mass is 10.1. The molecule has 7 heteroatoms. The Balaban J connectivity index is 2.00. The maximum absolute atomic E-state index is 12.0. The molecule has 0 spiro atoms. The third-order valence-corrected chi connectivity index (χ3v) is 4.79. The van der Waals surface area contributed by atoms with Gasteiger partial charge in [0.1, 0.15) is 6.04 Å². The Morgan fingerprint density at radius 1 is 1.24 bits per heavy atom. The lowest BCUT2D eigenvalue weighted by Gasteiger charge is -2.18. The van der Waals surface area contributed by atoms with E-state index in [9.17, 15) is 18.3 Å². The molecule has 0 saturated heterocycles. The molecule has 1 atom stereocenters. The van der Waals surface area contributed by atoms with Gasteiger partial charge in [-0.2, -0.15) is 17.9 Å². The van der Waals surface area contributed by atoms with Gasteiger partial charge in [-0.1, -0.05) is 43.2 Å². The minimum atomic E-state index is -3.81. The highest BCUT2D eigenvalue weighted by Crippen LogP contribution is 2.18. The van der Waals surface area contributed by atoms with E-state index in [0.29, 0.717) is 0 Å². The standard InChI is InChI=1S/C14H20N2O4S/c17-14(18)13(10-11-6-2-1-3-7-11)16-21(19,20)15-12-8-4-5-9-12/h1-3,6-7,12-13,15-16H,4-5,8-10H2,(H,17,18)/t13-/m1/s1. The fourth-order valence-corrected chi connectivity index (χ4v) is 3.81. The number of hydrogen-bond donors (Lipinski definition) is 3. The number of benzene rings is 1.